The van der Waals surface area contributed by atoms with Gasteiger partial charge in [-0.25, -0.2) is 15.0 Å². The average Bonchev–Trinajstić information content (AvgIpc) is 3.25. The Morgan fingerprint density at radius 1 is 1.09 bits per heavy atom. The summed E-state index contributed by atoms with van der Waals surface area (Å²) in [5, 5.41) is 2.40. The summed E-state index contributed by atoms with van der Waals surface area (Å²) in [6.45, 7) is 1.33. The van der Waals surface area contributed by atoms with Crippen LogP contribution in [0.2, 0.25) is 0 Å². The molecule has 8 nitrogen and oxygen atoms in total. The number of fused-ring (bicyclic) bond motifs is 1. The van der Waals surface area contributed by atoms with Crippen molar-refractivity contribution in [1.29, 1.82) is 0 Å². The van der Waals surface area contributed by atoms with Crippen molar-refractivity contribution in [3.63, 3.8) is 0 Å². The van der Waals surface area contributed by atoms with E-state index in [1.54, 1.807) is 30.5 Å². The Bertz CT molecular complexity index is 1380. The number of anilines is 2. The maximum absolute atomic E-state index is 12.9. The largest absolute Gasteiger partial charge is 0.416 e. The Morgan fingerprint density at radius 2 is 1.83 bits per heavy atom. The van der Waals surface area contributed by atoms with E-state index in [9.17, 15) is 18.0 Å². The summed E-state index contributed by atoms with van der Waals surface area (Å²) in [7, 11) is 0. The number of hydrogen-bond donors (Lipinski definition) is 2. The number of aromatic nitrogens is 4. The highest BCUT2D eigenvalue weighted by Gasteiger charge is 2.31. The standard InChI is InChI=1S/C24H21F3N6O2/c25-24(26,27)17-5-8-29-18(13-17)31-23(34)16-3-1-14(2-4-16)19-20-21(28)30-9-10-33(20)22(32-19)15-6-11-35-12-7-15/h1-5,8-10,13,15H,6-7,11-12H2,(H2,28,30)(H,29,31,34). The van der Waals surface area contributed by atoms with Crippen LogP contribution in [-0.4, -0.2) is 38.5 Å². The average molecular weight is 482 g/mol. The molecule has 35 heavy (non-hydrogen) atoms. The monoisotopic (exact) mass is 482 g/mol. The Balaban J connectivity index is 1.43. The van der Waals surface area contributed by atoms with Gasteiger partial charge in [0.25, 0.3) is 5.91 Å². The molecule has 4 heterocycles. The Kier molecular flexibility index (Phi) is 5.85. The van der Waals surface area contributed by atoms with Gasteiger partial charge in [-0.05, 0) is 37.1 Å². The van der Waals surface area contributed by atoms with E-state index in [-0.39, 0.29) is 17.3 Å². The first kappa shape index (κ1) is 22.8. The Morgan fingerprint density at radius 3 is 2.54 bits per heavy atom. The molecule has 0 bridgehead atoms. The fraction of sp³-hybridized carbons (Fsp3) is 0.250. The first-order chi connectivity index (χ1) is 16.8. The third-order valence-electron chi connectivity index (χ3n) is 5.95. The molecule has 1 aromatic carbocycles. The number of pyridine rings is 1. The number of alkyl halides is 3. The maximum atomic E-state index is 12.9. The summed E-state index contributed by atoms with van der Waals surface area (Å²) < 4.78 is 46.2. The molecule has 1 amide bonds. The summed E-state index contributed by atoms with van der Waals surface area (Å²) in [5.41, 5.74) is 7.61. The Labute approximate surface area is 198 Å². The van der Waals surface area contributed by atoms with E-state index >= 15 is 0 Å². The molecule has 4 aromatic rings. The normalized spacial score (nSPS) is 14.8. The molecule has 3 N–H and O–H groups in total. The summed E-state index contributed by atoms with van der Waals surface area (Å²) >= 11 is 0. The predicted molar refractivity (Wildman–Crippen MR) is 123 cm³/mol. The van der Waals surface area contributed by atoms with Crippen LogP contribution >= 0.6 is 0 Å². The van der Waals surface area contributed by atoms with Crippen LogP contribution in [0.25, 0.3) is 16.8 Å². The van der Waals surface area contributed by atoms with E-state index in [1.165, 1.54) is 0 Å². The van der Waals surface area contributed by atoms with Crippen LogP contribution in [0.4, 0.5) is 24.8 Å². The predicted octanol–water partition coefficient (Wildman–Crippen LogP) is 4.54. The fourth-order valence-electron chi connectivity index (χ4n) is 4.18. The van der Waals surface area contributed by atoms with Crippen molar-refractivity contribution in [2.75, 3.05) is 24.3 Å². The van der Waals surface area contributed by atoms with E-state index in [0.717, 1.165) is 42.6 Å². The Hall–Kier alpha value is -3.99. The van der Waals surface area contributed by atoms with Gasteiger partial charge in [0.2, 0.25) is 0 Å². The van der Waals surface area contributed by atoms with Gasteiger partial charge in [0.15, 0.2) is 0 Å². The van der Waals surface area contributed by atoms with Gasteiger partial charge < -0.3 is 15.8 Å². The highest BCUT2D eigenvalue weighted by atomic mass is 19.4. The first-order valence-corrected chi connectivity index (χ1v) is 11.0. The van der Waals surface area contributed by atoms with Gasteiger partial charge in [0.05, 0.1) is 5.56 Å². The van der Waals surface area contributed by atoms with Crippen molar-refractivity contribution in [3.8, 4) is 11.3 Å². The number of ether oxygens (including phenoxy) is 1. The van der Waals surface area contributed by atoms with Crippen LogP contribution in [0.3, 0.4) is 0 Å². The number of imidazole rings is 1. The molecule has 0 saturated carbocycles. The SMILES string of the molecule is Nc1nccn2c(C3CCOCC3)nc(-c3ccc(C(=O)Nc4cc(C(F)(F)F)ccn4)cc3)c12. The number of hydrogen-bond acceptors (Lipinski definition) is 6. The second-order valence-electron chi connectivity index (χ2n) is 8.20. The first-order valence-electron chi connectivity index (χ1n) is 11.0. The highest BCUT2D eigenvalue weighted by molar-refractivity contribution is 6.04. The molecule has 1 aliphatic rings. The summed E-state index contributed by atoms with van der Waals surface area (Å²) in [5.74, 6) is 0.670. The molecule has 0 spiro atoms. The lowest BCUT2D eigenvalue weighted by Crippen LogP contribution is -2.16. The van der Waals surface area contributed by atoms with Crippen molar-refractivity contribution in [2.24, 2.45) is 0 Å². The molecular weight excluding hydrogens is 461 g/mol. The number of benzene rings is 1. The summed E-state index contributed by atoms with van der Waals surface area (Å²) in [6, 6.07) is 8.22. The maximum Gasteiger partial charge on any atom is 0.416 e. The lowest BCUT2D eigenvalue weighted by molar-refractivity contribution is -0.137. The van der Waals surface area contributed by atoms with E-state index in [4.69, 9.17) is 15.5 Å². The zero-order valence-electron chi connectivity index (χ0n) is 18.4. The van der Waals surface area contributed by atoms with Crippen LogP contribution in [0.15, 0.2) is 55.0 Å². The van der Waals surface area contributed by atoms with Crippen LogP contribution in [0.5, 0.6) is 0 Å². The van der Waals surface area contributed by atoms with Gasteiger partial charge in [-0.15, -0.1) is 0 Å². The molecule has 0 aliphatic carbocycles. The second kappa shape index (κ2) is 8.99. The molecule has 11 heteroatoms. The molecular formula is C24H21F3N6O2. The van der Waals surface area contributed by atoms with E-state index in [0.29, 0.717) is 30.2 Å². The molecule has 5 rings (SSSR count). The second-order valence-corrected chi connectivity index (χ2v) is 8.20. The number of carbonyl (C=O) groups excluding carboxylic acids is 1. The number of halogens is 3. The summed E-state index contributed by atoms with van der Waals surface area (Å²) in [6.07, 6.45) is 1.63. The van der Waals surface area contributed by atoms with Crippen molar-refractivity contribution >= 4 is 23.1 Å². The minimum atomic E-state index is -4.53. The van der Waals surface area contributed by atoms with Crippen molar-refractivity contribution in [3.05, 3.63) is 71.9 Å². The van der Waals surface area contributed by atoms with Crippen molar-refractivity contribution in [1.82, 2.24) is 19.4 Å². The number of nitrogens with two attached hydrogens (primary N) is 1. The molecule has 0 atom stereocenters. The third kappa shape index (κ3) is 4.54. The van der Waals surface area contributed by atoms with Gasteiger partial charge in [0.1, 0.15) is 28.7 Å². The highest BCUT2D eigenvalue weighted by Crippen LogP contribution is 2.34. The molecule has 1 saturated heterocycles. The zero-order valence-corrected chi connectivity index (χ0v) is 18.4. The topological polar surface area (TPSA) is 107 Å². The number of carbonyl (C=O) groups is 1. The molecule has 0 radical (unpaired) electrons. The molecule has 1 fully saturated rings. The van der Waals surface area contributed by atoms with Gasteiger partial charge in [-0.2, -0.15) is 13.2 Å². The number of nitrogens with zero attached hydrogens (tertiary/aromatic N) is 4. The van der Waals surface area contributed by atoms with E-state index in [1.807, 2.05) is 10.6 Å². The molecule has 3 aromatic heterocycles. The van der Waals surface area contributed by atoms with E-state index in [2.05, 4.69) is 15.3 Å². The fourth-order valence-corrected chi connectivity index (χ4v) is 4.18. The van der Waals surface area contributed by atoms with Gasteiger partial charge in [-0.3, -0.25) is 9.20 Å². The minimum Gasteiger partial charge on any atom is -0.382 e. The number of nitrogen functional groups attached to an aromatic ring is 1. The quantitative estimate of drug-likeness (QED) is 0.442. The molecule has 0 unspecified atom stereocenters. The van der Waals surface area contributed by atoms with Crippen molar-refractivity contribution < 1.29 is 22.7 Å². The lowest BCUT2D eigenvalue weighted by atomic mass is 9.99. The smallest absolute Gasteiger partial charge is 0.382 e. The third-order valence-corrected chi connectivity index (χ3v) is 5.95. The van der Waals surface area contributed by atoms with Gasteiger partial charge in [0, 0.05) is 48.8 Å². The number of nitrogens with one attached hydrogen (secondary N) is 1. The van der Waals surface area contributed by atoms with Crippen molar-refractivity contribution in [2.45, 2.75) is 24.9 Å². The molecule has 180 valence electrons. The lowest BCUT2D eigenvalue weighted by Gasteiger charge is -2.20. The van der Waals surface area contributed by atoms with Crippen LogP contribution in [0.1, 0.15) is 40.5 Å². The summed E-state index contributed by atoms with van der Waals surface area (Å²) in [4.78, 5) is 25.5. The van der Waals surface area contributed by atoms with Gasteiger partial charge >= 0.3 is 6.18 Å². The molecule has 1 aliphatic heterocycles. The van der Waals surface area contributed by atoms with Crippen LogP contribution in [-0.2, 0) is 10.9 Å². The number of amides is 1. The van der Waals surface area contributed by atoms with E-state index < -0.39 is 17.6 Å². The van der Waals surface area contributed by atoms with Crippen LogP contribution < -0.4 is 11.1 Å². The van der Waals surface area contributed by atoms with Crippen LogP contribution in [0, 0.1) is 0 Å². The zero-order chi connectivity index (χ0) is 24.6. The van der Waals surface area contributed by atoms with Gasteiger partial charge in [-0.1, -0.05) is 12.1 Å². The number of rotatable bonds is 4. The minimum absolute atomic E-state index is 0.186.